The Labute approximate surface area is 120 Å². The Morgan fingerprint density at radius 2 is 1.90 bits per heavy atom. The number of carbonyl (C=O) groups excluding carboxylic acids is 1. The highest BCUT2D eigenvalue weighted by atomic mass is 19.1. The molecule has 0 N–H and O–H groups in total. The molecule has 1 heterocycles. The first kappa shape index (κ1) is 15.1. The molecule has 0 amide bonds. The van der Waals surface area contributed by atoms with Crippen molar-refractivity contribution in [2.24, 2.45) is 0 Å². The normalized spacial score (nSPS) is 17.6. The van der Waals surface area contributed by atoms with Gasteiger partial charge in [0.25, 0.3) is 0 Å². The Hall–Kier alpha value is -1.26. The standard InChI is InChI=1S/C16H23FN2O/c1-3-19-10-8-15(9-11-19)18(2)12-16(20)13-4-6-14(17)7-5-13/h4-7,15H,3,8-12H2,1-2H3. The van der Waals surface area contributed by atoms with Crippen LogP contribution in [0.25, 0.3) is 0 Å². The van der Waals surface area contributed by atoms with E-state index >= 15 is 0 Å². The second kappa shape index (κ2) is 6.95. The molecule has 1 aliphatic heterocycles. The van der Waals surface area contributed by atoms with E-state index in [2.05, 4.69) is 16.7 Å². The van der Waals surface area contributed by atoms with E-state index in [1.807, 2.05) is 7.05 Å². The van der Waals surface area contributed by atoms with Crippen molar-refractivity contribution in [1.29, 1.82) is 0 Å². The highest BCUT2D eigenvalue weighted by molar-refractivity contribution is 5.97. The Balaban J connectivity index is 1.86. The number of halogens is 1. The van der Waals surface area contributed by atoms with Gasteiger partial charge in [-0.3, -0.25) is 9.69 Å². The van der Waals surface area contributed by atoms with Crippen LogP contribution in [0.5, 0.6) is 0 Å². The van der Waals surface area contributed by atoms with E-state index in [1.54, 1.807) is 12.1 Å². The van der Waals surface area contributed by atoms with Gasteiger partial charge in [-0.25, -0.2) is 4.39 Å². The van der Waals surface area contributed by atoms with Gasteiger partial charge in [-0.1, -0.05) is 6.92 Å². The Bertz CT molecular complexity index is 438. The smallest absolute Gasteiger partial charge is 0.176 e. The minimum atomic E-state index is -0.304. The average Bonchev–Trinajstić information content (AvgIpc) is 2.48. The van der Waals surface area contributed by atoms with Gasteiger partial charge in [0.1, 0.15) is 5.82 Å². The number of rotatable bonds is 5. The van der Waals surface area contributed by atoms with Gasteiger partial charge in [-0.05, 0) is 63.8 Å². The summed E-state index contributed by atoms with van der Waals surface area (Å²) in [6.07, 6.45) is 2.22. The van der Waals surface area contributed by atoms with E-state index in [4.69, 9.17) is 0 Å². The fourth-order valence-corrected chi connectivity index (χ4v) is 2.76. The maximum Gasteiger partial charge on any atom is 0.176 e. The number of likely N-dealkylation sites (N-methyl/N-ethyl adjacent to an activating group) is 1. The zero-order chi connectivity index (χ0) is 14.5. The lowest BCUT2D eigenvalue weighted by Gasteiger charge is -2.36. The summed E-state index contributed by atoms with van der Waals surface area (Å²) in [6, 6.07) is 6.28. The largest absolute Gasteiger partial charge is 0.303 e. The van der Waals surface area contributed by atoms with Crippen LogP contribution in [0.4, 0.5) is 4.39 Å². The van der Waals surface area contributed by atoms with Gasteiger partial charge in [0, 0.05) is 11.6 Å². The van der Waals surface area contributed by atoms with Crippen LogP contribution in [0, 0.1) is 5.82 Å². The zero-order valence-corrected chi connectivity index (χ0v) is 12.3. The minimum absolute atomic E-state index is 0.0606. The van der Waals surface area contributed by atoms with E-state index in [-0.39, 0.29) is 11.6 Å². The van der Waals surface area contributed by atoms with E-state index in [0.29, 0.717) is 18.2 Å². The second-order valence-corrected chi connectivity index (χ2v) is 5.51. The number of Topliss-reactive ketones (excluding diaryl/α,β-unsaturated/α-hetero) is 1. The number of ketones is 1. The molecule has 1 aromatic rings. The van der Waals surface area contributed by atoms with Gasteiger partial charge < -0.3 is 4.90 Å². The van der Waals surface area contributed by atoms with E-state index in [0.717, 1.165) is 32.5 Å². The predicted octanol–water partition coefficient (Wildman–Crippen LogP) is 2.42. The fourth-order valence-electron chi connectivity index (χ4n) is 2.76. The molecule has 0 spiro atoms. The average molecular weight is 278 g/mol. The van der Waals surface area contributed by atoms with Crippen LogP contribution < -0.4 is 0 Å². The molecule has 0 atom stereocenters. The summed E-state index contributed by atoms with van der Waals surface area (Å²) in [5.74, 6) is -0.243. The first-order valence-electron chi connectivity index (χ1n) is 7.31. The number of likely N-dealkylation sites (tertiary alicyclic amines) is 1. The van der Waals surface area contributed by atoms with Crippen molar-refractivity contribution in [2.45, 2.75) is 25.8 Å². The molecule has 4 heteroatoms. The lowest BCUT2D eigenvalue weighted by Crippen LogP contribution is -2.44. The number of carbonyl (C=O) groups is 1. The van der Waals surface area contributed by atoms with Crippen LogP contribution in [0.15, 0.2) is 24.3 Å². The Morgan fingerprint density at radius 1 is 1.30 bits per heavy atom. The van der Waals surface area contributed by atoms with Crippen molar-refractivity contribution in [3.05, 3.63) is 35.6 Å². The van der Waals surface area contributed by atoms with Crippen LogP contribution >= 0.6 is 0 Å². The van der Waals surface area contributed by atoms with Gasteiger partial charge in [-0.15, -0.1) is 0 Å². The van der Waals surface area contributed by atoms with Gasteiger partial charge in [0.15, 0.2) is 5.78 Å². The van der Waals surface area contributed by atoms with Crippen molar-refractivity contribution >= 4 is 5.78 Å². The quantitative estimate of drug-likeness (QED) is 0.773. The lowest BCUT2D eigenvalue weighted by molar-refractivity contribution is 0.0858. The molecule has 0 aliphatic carbocycles. The number of nitrogens with zero attached hydrogens (tertiary/aromatic N) is 2. The second-order valence-electron chi connectivity index (χ2n) is 5.51. The van der Waals surface area contributed by atoms with Crippen molar-refractivity contribution in [2.75, 3.05) is 33.2 Å². The number of benzene rings is 1. The van der Waals surface area contributed by atoms with Crippen molar-refractivity contribution in [1.82, 2.24) is 9.80 Å². The molecule has 0 aromatic heterocycles. The topological polar surface area (TPSA) is 23.6 Å². The van der Waals surface area contributed by atoms with Gasteiger partial charge >= 0.3 is 0 Å². The van der Waals surface area contributed by atoms with Crippen molar-refractivity contribution < 1.29 is 9.18 Å². The molecule has 1 aliphatic rings. The number of piperidine rings is 1. The van der Waals surface area contributed by atoms with Crippen LogP contribution in [-0.4, -0.2) is 54.9 Å². The molecule has 1 fully saturated rings. The highest BCUT2D eigenvalue weighted by Gasteiger charge is 2.23. The van der Waals surface area contributed by atoms with Gasteiger partial charge in [0.05, 0.1) is 6.54 Å². The third-order valence-electron chi connectivity index (χ3n) is 4.19. The first-order valence-corrected chi connectivity index (χ1v) is 7.31. The summed E-state index contributed by atoms with van der Waals surface area (Å²) >= 11 is 0. The Morgan fingerprint density at radius 3 is 2.45 bits per heavy atom. The maximum absolute atomic E-state index is 12.8. The lowest BCUT2D eigenvalue weighted by atomic mass is 10.0. The number of hydrogen-bond acceptors (Lipinski definition) is 3. The molecule has 20 heavy (non-hydrogen) atoms. The van der Waals surface area contributed by atoms with Gasteiger partial charge in [0.2, 0.25) is 0 Å². The molecule has 0 bridgehead atoms. The molecule has 110 valence electrons. The summed E-state index contributed by atoms with van der Waals surface area (Å²) in [5, 5.41) is 0. The molecule has 1 saturated heterocycles. The molecule has 3 nitrogen and oxygen atoms in total. The van der Waals surface area contributed by atoms with E-state index in [9.17, 15) is 9.18 Å². The fraction of sp³-hybridized carbons (Fsp3) is 0.562. The van der Waals surface area contributed by atoms with E-state index in [1.165, 1.54) is 12.1 Å². The summed E-state index contributed by atoms with van der Waals surface area (Å²) in [7, 11) is 2.01. The molecular weight excluding hydrogens is 255 g/mol. The van der Waals surface area contributed by atoms with E-state index < -0.39 is 0 Å². The summed E-state index contributed by atoms with van der Waals surface area (Å²) in [4.78, 5) is 16.7. The third kappa shape index (κ3) is 3.87. The molecular formula is C16H23FN2O. The molecule has 0 saturated carbocycles. The highest BCUT2D eigenvalue weighted by Crippen LogP contribution is 2.15. The zero-order valence-electron chi connectivity index (χ0n) is 12.3. The molecule has 0 unspecified atom stereocenters. The first-order chi connectivity index (χ1) is 9.60. The SMILES string of the molecule is CCN1CCC(N(C)CC(=O)c2ccc(F)cc2)CC1. The maximum atomic E-state index is 12.8. The third-order valence-corrected chi connectivity index (χ3v) is 4.19. The van der Waals surface area contributed by atoms with Crippen molar-refractivity contribution in [3.63, 3.8) is 0 Å². The van der Waals surface area contributed by atoms with Crippen LogP contribution in [0.2, 0.25) is 0 Å². The monoisotopic (exact) mass is 278 g/mol. The molecule has 0 radical (unpaired) electrons. The summed E-state index contributed by atoms with van der Waals surface area (Å²) in [6.45, 7) is 5.90. The minimum Gasteiger partial charge on any atom is -0.303 e. The Kier molecular flexibility index (Phi) is 5.26. The number of hydrogen-bond donors (Lipinski definition) is 0. The molecule has 1 aromatic carbocycles. The van der Waals surface area contributed by atoms with Crippen LogP contribution in [0.1, 0.15) is 30.1 Å². The van der Waals surface area contributed by atoms with Crippen LogP contribution in [-0.2, 0) is 0 Å². The van der Waals surface area contributed by atoms with Gasteiger partial charge in [-0.2, -0.15) is 0 Å². The molecule has 2 rings (SSSR count). The summed E-state index contributed by atoms with van der Waals surface area (Å²) in [5.41, 5.74) is 0.587. The van der Waals surface area contributed by atoms with Crippen molar-refractivity contribution in [3.8, 4) is 0 Å². The summed E-state index contributed by atoms with van der Waals surface area (Å²) < 4.78 is 12.8. The predicted molar refractivity (Wildman–Crippen MR) is 78.5 cm³/mol. The van der Waals surface area contributed by atoms with Crippen LogP contribution in [0.3, 0.4) is 0 Å².